The highest BCUT2D eigenvalue weighted by molar-refractivity contribution is 5.99. The van der Waals surface area contributed by atoms with E-state index >= 15 is 0 Å². The summed E-state index contributed by atoms with van der Waals surface area (Å²) in [6, 6.07) is 4.45. The summed E-state index contributed by atoms with van der Waals surface area (Å²) in [5.41, 5.74) is 5.62. The van der Waals surface area contributed by atoms with E-state index in [0.29, 0.717) is 17.2 Å². The van der Waals surface area contributed by atoms with Gasteiger partial charge in [0, 0.05) is 70.2 Å². The number of carbonyl (C=O) groups is 2. The first kappa shape index (κ1) is 27.9. The summed E-state index contributed by atoms with van der Waals surface area (Å²) >= 11 is 0. The van der Waals surface area contributed by atoms with E-state index in [9.17, 15) is 14.0 Å². The third kappa shape index (κ3) is 5.62. The highest BCUT2D eigenvalue weighted by Gasteiger charge is 2.25. The number of likely N-dealkylation sites (tertiary alicyclic amines) is 2. The molecule has 3 aromatic rings. The lowest BCUT2D eigenvalue weighted by Crippen LogP contribution is -2.33. The van der Waals surface area contributed by atoms with Crippen LogP contribution in [0.1, 0.15) is 61.5 Å². The predicted molar refractivity (Wildman–Crippen MR) is 156 cm³/mol. The number of hydrogen-bond donors (Lipinski definition) is 0. The minimum Gasteiger partial charge on any atom is -0.377 e. The maximum atomic E-state index is 14.4. The second-order valence-electron chi connectivity index (χ2n) is 11.7. The van der Waals surface area contributed by atoms with E-state index in [-0.39, 0.29) is 17.9 Å². The van der Waals surface area contributed by atoms with Crippen molar-refractivity contribution in [3.8, 4) is 5.69 Å². The topological polar surface area (TPSA) is 61.7 Å². The number of fused-ring (bicyclic) bond motifs is 1. The monoisotopic (exact) mass is 545 g/mol. The molecule has 40 heavy (non-hydrogen) atoms. The molecule has 2 aromatic heterocycles. The number of amides is 2. The average molecular weight is 546 g/mol. The van der Waals surface area contributed by atoms with Crippen molar-refractivity contribution in [1.29, 1.82) is 0 Å². The molecule has 0 radical (unpaired) electrons. The summed E-state index contributed by atoms with van der Waals surface area (Å²) < 4.78 is 16.4. The number of aryl methyl sites for hydroxylation is 1. The molecule has 0 N–H and O–H groups in total. The van der Waals surface area contributed by atoms with Crippen molar-refractivity contribution >= 4 is 22.7 Å². The molecule has 2 aliphatic rings. The number of aromatic nitrogens is 2. The van der Waals surface area contributed by atoms with Gasteiger partial charge in [0.2, 0.25) is 5.91 Å². The SMILES string of the molecule is CC(=O)N1CC/C(=C\N2CCC(Cc3cn(-c4ccc(F)cc4C(=O)N(C)C(C)C)c4cncc(C)c34)CC2)C1. The zero-order valence-electron chi connectivity index (χ0n) is 24.3. The molecule has 0 aliphatic carbocycles. The van der Waals surface area contributed by atoms with Crippen LogP contribution in [0.25, 0.3) is 16.6 Å². The Morgan fingerprint density at radius 3 is 2.60 bits per heavy atom. The van der Waals surface area contributed by atoms with Gasteiger partial charge in [-0.3, -0.25) is 14.6 Å². The Morgan fingerprint density at radius 1 is 1.18 bits per heavy atom. The minimum absolute atomic E-state index is 0.00671. The second kappa shape index (κ2) is 11.4. The number of rotatable bonds is 6. The summed E-state index contributed by atoms with van der Waals surface area (Å²) in [4.78, 5) is 35.5. The maximum absolute atomic E-state index is 14.4. The molecule has 2 fully saturated rings. The Labute approximate surface area is 236 Å². The van der Waals surface area contributed by atoms with Gasteiger partial charge in [-0.25, -0.2) is 4.39 Å². The molecule has 0 spiro atoms. The number of hydrogen-bond acceptors (Lipinski definition) is 4. The van der Waals surface area contributed by atoms with Gasteiger partial charge in [0.1, 0.15) is 5.82 Å². The van der Waals surface area contributed by atoms with E-state index in [0.717, 1.165) is 68.3 Å². The first-order chi connectivity index (χ1) is 19.1. The number of halogens is 1. The van der Waals surface area contributed by atoms with E-state index in [1.54, 1.807) is 24.9 Å². The lowest BCUT2D eigenvalue weighted by molar-refractivity contribution is -0.127. The zero-order valence-corrected chi connectivity index (χ0v) is 24.3. The van der Waals surface area contributed by atoms with Gasteiger partial charge in [0.05, 0.1) is 23.0 Å². The Hall–Kier alpha value is -3.68. The number of nitrogens with zero attached hydrogens (tertiary/aromatic N) is 5. The second-order valence-corrected chi connectivity index (χ2v) is 11.7. The molecular formula is C32H40FN5O2. The predicted octanol–water partition coefficient (Wildman–Crippen LogP) is 5.34. The average Bonchev–Trinajstić information content (AvgIpc) is 3.54. The van der Waals surface area contributed by atoms with E-state index in [1.807, 2.05) is 35.7 Å². The molecule has 1 aromatic carbocycles. The highest BCUT2D eigenvalue weighted by atomic mass is 19.1. The van der Waals surface area contributed by atoms with E-state index < -0.39 is 5.82 Å². The van der Waals surface area contributed by atoms with Gasteiger partial charge in [0.15, 0.2) is 0 Å². The van der Waals surface area contributed by atoms with Crippen molar-refractivity contribution in [2.24, 2.45) is 5.92 Å². The van der Waals surface area contributed by atoms with Crippen LogP contribution in [0.3, 0.4) is 0 Å². The first-order valence-corrected chi connectivity index (χ1v) is 14.3. The Morgan fingerprint density at radius 2 is 1.93 bits per heavy atom. The van der Waals surface area contributed by atoms with Gasteiger partial charge in [0.25, 0.3) is 5.91 Å². The van der Waals surface area contributed by atoms with Crippen molar-refractivity contribution in [2.75, 3.05) is 33.2 Å². The van der Waals surface area contributed by atoms with Gasteiger partial charge in [-0.05, 0) is 87.3 Å². The molecule has 8 heteroatoms. The van der Waals surface area contributed by atoms with E-state index in [1.165, 1.54) is 23.3 Å². The maximum Gasteiger partial charge on any atom is 0.256 e. The molecular weight excluding hydrogens is 505 g/mol. The van der Waals surface area contributed by atoms with Crippen molar-refractivity contribution in [1.82, 2.24) is 24.3 Å². The lowest BCUT2D eigenvalue weighted by atomic mass is 9.89. The zero-order chi connectivity index (χ0) is 28.6. The standard InChI is InChI=1S/C32H40FN5O2/c1-21(2)35(5)32(40)28-15-27(33)6-7-29(28)38-20-26(31-22(3)16-34-17-30(31)38)14-24-8-11-36(12-9-24)18-25-10-13-37(19-25)23(4)39/h6-7,15-18,20-21,24H,8-14,19H2,1-5H3/b25-18+. The fourth-order valence-electron chi connectivity index (χ4n) is 6.02. The lowest BCUT2D eigenvalue weighted by Gasteiger charge is -2.31. The summed E-state index contributed by atoms with van der Waals surface area (Å²) in [6.07, 6.45) is 12.2. The van der Waals surface area contributed by atoms with Gasteiger partial charge >= 0.3 is 0 Å². The van der Waals surface area contributed by atoms with Crippen LogP contribution in [-0.2, 0) is 11.2 Å². The summed E-state index contributed by atoms with van der Waals surface area (Å²) in [5, 5.41) is 1.16. The van der Waals surface area contributed by atoms with Crippen LogP contribution in [-0.4, -0.2) is 75.3 Å². The molecule has 0 unspecified atom stereocenters. The summed E-state index contributed by atoms with van der Waals surface area (Å²) in [5.74, 6) is 0.0584. The normalized spacial score (nSPS) is 17.4. The Balaban J connectivity index is 1.39. The van der Waals surface area contributed by atoms with Gasteiger partial charge in [-0.2, -0.15) is 0 Å². The van der Waals surface area contributed by atoms with Crippen molar-refractivity contribution in [3.05, 3.63) is 71.1 Å². The third-order valence-electron chi connectivity index (χ3n) is 8.59. The highest BCUT2D eigenvalue weighted by Crippen LogP contribution is 2.33. The fourth-order valence-corrected chi connectivity index (χ4v) is 6.02. The number of pyridine rings is 1. The van der Waals surface area contributed by atoms with Crippen LogP contribution in [0, 0.1) is 18.7 Å². The molecule has 0 saturated carbocycles. The van der Waals surface area contributed by atoms with Gasteiger partial charge in [-0.1, -0.05) is 0 Å². The van der Waals surface area contributed by atoms with Gasteiger partial charge in [-0.15, -0.1) is 0 Å². The molecule has 2 amide bonds. The molecule has 0 bridgehead atoms. The van der Waals surface area contributed by atoms with Crippen LogP contribution in [0.2, 0.25) is 0 Å². The van der Waals surface area contributed by atoms with Crippen LogP contribution < -0.4 is 0 Å². The largest absolute Gasteiger partial charge is 0.377 e. The van der Waals surface area contributed by atoms with Gasteiger partial charge < -0.3 is 19.3 Å². The molecule has 0 atom stereocenters. The Kier molecular flexibility index (Phi) is 7.97. The quantitative estimate of drug-likeness (QED) is 0.419. The first-order valence-electron chi connectivity index (χ1n) is 14.3. The molecule has 212 valence electrons. The molecule has 2 aliphatic heterocycles. The Bertz CT molecular complexity index is 1450. The van der Waals surface area contributed by atoms with E-state index in [2.05, 4.69) is 29.2 Å². The summed E-state index contributed by atoms with van der Waals surface area (Å²) in [6.45, 7) is 11.2. The van der Waals surface area contributed by atoms with Crippen LogP contribution in [0.15, 0.2) is 48.6 Å². The van der Waals surface area contributed by atoms with Crippen molar-refractivity contribution < 1.29 is 14.0 Å². The molecule has 7 nitrogen and oxygen atoms in total. The van der Waals surface area contributed by atoms with E-state index in [4.69, 9.17) is 0 Å². The molecule has 4 heterocycles. The van der Waals surface area contributed by atoms with Crippen molar-refractivity contribution in [2.45, 2.75) is 59.4 Å². The molecule has 5 rings (SSSR count). The third-order valence-corrected chi connectivity index (χ3v) is 8.59. The number of carbonyl (C=O) groups excluding carboxylic acids is 2. The smallest absolute Gasteiger partial charge is 0.256 e. The van der Waals surface area contributed by atoms with Crippen molar-refractivity contribution in [3.63, 3.8) is 0 Å². The molecule has 2 saturated heterocycles. The number of benzene rings is 1. The minimum atomic E-state index is -0.427. The van der Waals surface area contributed by atoms with Crippen LogP contribution in [0.5, 0.6) is 0 Å². The number of piperidine rings is 1. The van der Waals surface area contributed by atoms with Crippen LogP contribution >= 0.6 is 0 Å². The van der Waals surface area contributed by atoms with Crippen LogP contribution in [0.4, 0.5) is 4.39 Å². The fraction of sp³-hybridized carbons (Fsp3) is 0.469. The summed E-state index contributed by atoms with van der Waals surface area (Å²) in [7, 11) is 1.75.